The molecule has 0 aliphatic heterocycles. The molecular formula is C15H14ClN3. The number of pyridine rings is 1. The highest BCUT2D eigenvalue weighted by Crippen LogP contribution is 2.19. The van der Waals surface area contributed by atoms with E-state index >= 15 is 0 Å². The lowest BCUT2D eigenvalue weighted by molar-refractivity contribution is 0.982. The van der Waals surface area contributed by atoms with Crippen molar-refractivity contribution in [3.8, 4) is 0 Å². The second kappa shape index (κ2) is 5.33. The zero-order valence-corrected chi connectivity index (χ0v) is 11.1. The lowest BCUT2D eigenvalue weighted by Crippen LogP contribution is -2.05. The average Bonchev–Trinajstić information content (AvgIpc) is 2.83. The fraction of sp³-hybridized carbons (Fsp3) is 0.133. The number of aromatic amines is 1. The van der Waals surface area contributed by atoms with Crippen molar-refractivity contribution in [1.82, 2.24) is 9.97 Å². The van der Waals surface area contributed by atoms with E-state index in [0.29, 0.717) is 5.02 Å². The van der Waals surface area contributed by atoms with E-state index in [9.17, 15) is 0 Å². The first-order valence-electron chi connectivity index (χ1n) is 6.23. The summed E-state index contributed by atoms with van der Waals surface area (Å²) in [6, 6.07) is 12.4. The number of nitrogens with one attached hydrogen (secondary N) is 2. The summed E-state index contributed by atoms with van der Waals surface area (Å²) in [4.78, 5) is 7.37. The van der Waals surface area contributed by atoms with Gasteiger partial charge in [0.1, 0.15) is 0 Å². The van der Waals surface area contributed by atoms with E-state index in [0.717, 1.165) is 18.7 Å². The largest absolute Gasteiger partial charge is 0.383 e. The molecule has 0 aliphatic carbocycles. The fourth-order valence-electron chi connectivity index (χ4n) is 2.12. The molecule has 0 unspecified atom stereocenters. The molecule has 0 fully saturated rings. The van der Waals surface area contributed by atoms with Crippen LogP contribution in [0.5, 0.6) is 0 Å². The smallest absolute Gasteiger partial charge is 0.0820 e. The number of hydrogen-bond donors (Lipinski definition) is 2. The molecule has 0 amide bonds. The van der Waals surface area contributed by atoms with Gasteiger partial charge in [-0.15, -0.1) is 0 Å². The maximum atomic E-state index is 6.04. The maximum absolute atomic E-state index is 6.04. The molecule has 2 aromatic heterocycles. The van der Waals surface area contributed by atoms with Gasteiger partial charge in [0.25, 0.3) is 0 Å². The van der Waals surface area contributed by atoms with Gasteiger partial charge in [0, 0.05) is 36.6 Å². The summed E-state index contributed by atoms with van der Waals surface area (Å²) in [6.07, 6.45) is 4.30. The number of H-pyrrole nitrogens is 1. The summed E-state index contributed by atoms with van der Waals surface area (Å²) in [7, 11) is 0. The molecule has 2 heterocycles. The average molecular weight is 272 g/mol. The molecule has 0 atom stereocenters. The Morgan fingerprint density at radius 1 is 1.21 bits per heavy atom. The Balaban J connectivity index is 1.65. The standard InChI is InChI=1S/C15H14ClN3/c16-13-10-17-7-6-15(13)18-8-5-12-9-11-3-1-2-4-14(11)19-12/h1-4,6-7,9-10,19H,5,8H2,(H,17,18). The van der Waals surface area contributed by atoms with Gasteiger partial charge in [-0.3, -0.25) is 4.98 Å². The van der Waals surface area contributed by atoms with Gasteiger partial charge < -0.3 is 10.3 Å². The van der Waals surface area contributed by atoms with Crippen LogP contribution in [-0.2, 0) is 6.42 Å². The summed E-state index contributed by atoms with van der Waals surface area (Å²) < 4.78 is 0. The number of para-hydroxylation sites is 1. The van der Waals surface area contributed by atoms with Crippen molar-refractivity contribution in [3.05, 3.63) is 59.5 Å². The third-order valence-electron chi connectivity index (χ3n) is 3.07. The van der Waals surface area contributed by atoms with Crippen LogP contribution in [0.1, 0.15) is 5.69 Å². The molecule has 0 saturated carbocycles. The predicted octanol–water partition coefficient (Wildman–Crippen LogP) is 3.87. The van der Waals surface area contributed by atoms with E-state index in [1.165, 1.54) is 16.6 Å². The molecule has 96 valence electrons. The minimum Gasteiger partial charge on any atom is -0.383 e. The lowest BCUT2D eigenvalue weighted by atomic mass is 10.2. The van der Waals surface area contributed by atoms with Gasteiger partial charge in [0.2, 0.25) is 0 Å². The Hall–Kier alpha value is -2.00. The van der Waals surface area contributed by atoms with Crippen molar-refractivity contribution >= 4 is 28.2 Å². The van der Waals surface area contributed by atoms with Crippen molar-refractivity contribution in [2.75, 3.05) is 11.9 Å². The number of halogens is 1. The Morgan fingerprint density at radius 3 is 2.95 bits per heavy atom. The fourth-order valence-corrected chi connectivity index (χ4v) is 2.30. The van der Waals surface area contributed by atoms with Gasteiger partial charge in [-0.25, -0.2) is 0 Å². The predicted molar refractivity (Wildman–Crippen MR) is 79.7 cm³/mol. The number of aromatic nitrogens is 2. The SMILES string of the molecule is Clc1cnccc1NCCc1cc2ccccc2[nH]1. The number of benzene rings is 1. The van der Waals surface area contributed by atoms with Gasteiger partial charge in [-0.05, 0) is 23.6 Å². The van der Waals surface area contributed by atoms with Crippen LogP contribution in [-0.4, -0.2) is 16.5 Å². The molecule has 2 N–H and O–H groups in total. The summed E-state index contributed by atoms with van der Waals surface area (Å²) in [5.41, 5.74) is 3.33. The Labute approximate surface area is 116 Å². The third kappa shape index (κ3) is 2.71. The zero-order chi connectivity index (χ0) is 13.1. The maximum Gasteiger partial charge on any atom is 0.0820 e. The van der Waals surface area contributed by atoms with Crippen LogP contribution in [0.2, 0.25) is 5.02 Å². The van der Waals surface area contributed by atoms with Crippen LogP contribution in [0.4, 0.5) is 5.69 Å². The number of fused-ring (bicyclic) bond motifs is 1. The summed E-state index contributed by atoms with van der Waals surface area (Å²) in [6.45, 7) is 0.830. The first kappa shape index (κ1) is 12.1. The quantitative estimate of drug-likeness (QED) is 0.756. The minimum atomic E-state index is 0.652. The van der Waals surface area contributed by atoms with Crippen molar-refractivity contribution in [2.45, 2.75) is 6.42 Å². The van der Waals surface area contributed by atoms with E-state index in [-0.39, 0.29) is 0 Å². The van der Waals surface area contributed by atoms with Crippen LogP contribution in [0.15, 0.2) is 48.8 Å². The highest BCUT2D eigenvalue weighted by Gasteiger charge is 2.01. The van der Waals surface area contributed by atoms with Crippen molar-refractivity contribution in [3.63, 3.8) is 0 Å². The summed E-state index contributed by atoms with van der Waals surface area (Å²) in [5.74, 6) is 0. The van der Waals surface area contributed by atoms with E-state index in [2.05, 4.69) is 39.6 Å². The molecule has 3 nitrogen and oxygen atoms in total. The van der Waals surface area contributed by atoms with Crippen LogP contribution in [0, 0.1) is 0 Å². The summed E-state index contributed by atoms with van der Waals surface area (Å²) >= 11 is 6.04. The molecule has 0 aliphatic rings. The minimum absolute atomic E-state index is 0.652. The Morgan fingerprint density at radius 2 is 2.11 bits per heavy atom. The van der Waals surface area contributed by atoms with E-state index in [1.807, 2.05) is 12.1 Å². The zero-order valence-electron chi connectivity index (χ0n) is 10.4. The van der Waals surface area contributed by atoms with Gasteiger partial charge in [-0.2, -0.15) is 0 Å². The van der Waals surface area contributed by atoms with Crippen LogP contribution < -0.4 is 5.32 Å². The molecule has 3 rings (SSSR count). The van der Waals surface area contributed by atoms with Crippen molar-refractivity contribution < 1.29 is 0 Å². The summed E-state index contributed by atoms with van der Waals surface area (Å²) in [5, 5.41) is 5.22. The van der Waals surface area contributed by atoms with Crippen molar-refractivity contribution in [1.29, 1.82) is 0 Å². The molecule has 0 bridgehead atoms. The van der Waals surface area contributed by atoms with Crippen molar-refractivity contribution in [2.24, 2.45) is 0 Å². The number of hydrogen-bond acceptors (Lipinski definition) is 2. The number of nitrogens with zero attached hydrogens (tertiary/aromatic N) is 1. The highest BCUT2D eigenvalue weighted by atomic mass is 35.5. The van der Waals surface area contributed by atoms with Gasteiger partial charge in [0.05, 0.1) is 10.7 Å². The first-order valence-corrected chi connectivity index (χ1v) is 6.61. The normalized spacial score (nSPS) is 10.8. The second-order valence-electron chi connectivity index (χ2n) is 4.41. The third-order valence-corrected chi connectivity index (χ3v) is 3.37. The van der Waals surface area contributed by atoms with E-state index < -0.39 is 0 Å². The van der Waals surface area contributed by atoms with Crippen LogP contribution in [0.3, 0.4) is 0 Å². The molecule has 1 aromatic carbocycles. The first-order chi connectivity index (χ1) is 9.33. The topological polar surface area (TPSA) is 40.7 Å². The molecule has 19 heavy (non-hydrogen) atoms. The van der Waals surface area contributed by atoms with Gasteiger partial charge in [0.15, 0.2) is 0 Å². The molecule has 3 aromatic rings. The molecular weight excluding hydrogens is 258 g/mol. The van der Waals surface area contributed by atoms with Crippen LogP contribution in [0.25, 0.3) is 10.9 Å². The Bertz CT molecular complexity index is 657. The van der Waals surface area contributed by atoms with Crippen LogP contribution >= 0.6 is 11.6 Å². The van der Waals surface area contributed by atoms with Gasteiger partial charge >= 0.3 is 0 Å². The second-order valence-corrected chi connectivity index (χ2v) is 4.82. The van der Waals surface area contributed by atoms with E-state index in [4.69, 9.17) is 11.6 Å². The lowest BCUT2D eigenvalue weighted by Gasteiger charge is -2.06. The monoisotopic (exact) mass is 271 g/mol. The molecule has 0 radical (unpaired) electrons. The number of rotatable bonds is 4. The molecule has 4 heteroatoms. The molecule has 0 saturated heterocycles. The van der Waals surface area contributed by atoms with Gasteiger partial charge in [-0.1, -0.05) is 29.8 Å². The highest BCUT2D eigenvalue weighted by molar-refractivity contribution is 6.33. The Kier molecular flexibility index (Phi) is 3.38. The number of anilines is 1. The molecule has 0 spiro atoms. The van der Waals surface area contributed by atoms with E-state index in [1.54, 1.807) is 12.4 Å².